The van der Waals surface area contributed by atoms with Crippen molar-refractivity contribution in [2.75, 3.05) is 0 Å². The second-order valence-electron chi connectivity index (χ2n) is 4.89. The Kier molecular flexibility index (Phi) is 3.00. The molecule has 1 N–H and O–H groups in total. The molecule has 0 saturated carbocycles. The fourth-order valence-electron chi connectivity index (χ4n) is 2.50. The summed E-state index contributed by atoms with van der Waals surface area (Å²) in [6, 6.07) is 7.04. The number of nitrogens with zero attached hydrogens (tertiary/aromatic N) is 3. The normalized spacial score (nSPS) is 13.3. The summed E-state index contributed by atoms with van der Waals surface area (Å²) in [5, 5.41) is 9.90. The van der Waals surface area contributed by atoms with Crippen LogP contribution in [0, 0.1) is 0 Å². The summed E-state index contributed by atoms with van der Waals surface area (Å²) in [5.74, 6) is 2.94. The van der Waals surface area contributed by atoms with Gasteiger partial charge < -0.3 is 9.84 Å². The smallest absolute Gasteiger partial charge is 0.415 e. The third-order valence-electron chi connectivity index (χ3n) is 3.56. The number of fused-ring (bicyclic) bond motifs is 2. The van der Waals surface area contributed by atoms with E-state index in [1.165, 1.54) is 17.1 Å². The highest BCUT2D eigenvalue weighted by Gasteiger charge is 2.19. The maximum atomic E-state index is 11.1. The van der Waals surface area contributed by atoms with Gasteiger partial charge in [0.25, 0.3) is 0 Å². The fraction of sp³-hybridized carbons (Fsp3) is 0.133. The SMILES string of the molecule is O=C(O)n1ccc2cc(Oc3ncnc4c3CSC4)ccc21. The summed E-state index contributed by atoms with van der Waals surface area (Å²) in [7, 11) is 0. The van der Waals surface area contributed by atoms with Crippen LogP contribution in [-0.2, 0) is 11.5 Å². The third-order valence-corrected chi connectivity index (χ3v) is 4.53. The van der Waals surface area contributed by atoms with Crippen molar-refractivity contribution < 1.29 is 14.6 Å². The summed E-state index contributed by atoms with van der Waals surface area (Å²) in [6.45, 7) is 0. The Labute approximate surface area is 129 Å². The molecular formula is C15H11N3O3S. The van der Waals surface area contributed by atoms with Crippen LogP contribution < -0.4 is 4.74 Å². The molecule has 1 aliphatic heterocycles. The van der Waals surface area contributed by atoms with Crippen molar-refractivity contribution in [3.63, 3.8) is 0 Å². The van der Waals surface area contributed by atoms with Gasteiger partial charge in [0.15, 0.2) is 0 Å². The van der Waals surface area contributed by atoms with Gasteiger partial charge in [0, 0.05) is 28.7 Å². The molecule has 0 spiro atoms. The van der Waals surface area contributed by atoms with Gasteiger partial charge in [0.2, 0.25) is 5.88 Å². The molecule has 0 bridgehead atoms. The van der Waals surface area contributed by atoms with E-state index in [1.807, 2.05) is 6.07 Å². The van der Waals surface area contributed by atoms with Crippen LogP contribution in [0.2, 0.25) is 0 Å². The van der Waals surface area contributed by atoms with Gasteiger partial charge in [-0.15, -0.1) is 0 Å². The van der Waals surface area contributed by atoms with Crippen LogP contribution >= 0.6 is 11.8 Å². The number of rotatable bonds is 2. The van der Waals surface area contributed by atoms with Gasteiger partial charge in [0.05, 0.1) is 11.2 Å². The monoisotopic (exact) mass is 313 g/mol. The molecule has 4 rings (SSSR count). The topological polar surface area (TPSA) is 77.2 Å². The summed E-state index contributed by atoms with van der Waals surface area (Å²) >= 11 is 1.79. The van der Waals surface area contributed by atoms with Crippen molar-refractivity contribution in [3.05, 3.63) is 48.0 Å². The van der Waals surface area contributed by atoms with Crippen molar-refractivity contribution in [1.29, 1.82) is 0 Å². The Morgan fingerprint density at radius 3 is 3.05 bits per heavy atom. The number of thioether (sulfide) groups is 1. The van der Waals surface area contributed by atoms with Crippen LogP contribution in [0.1, 0.15) is 11.3 Å². The van der Waals surface area contributed by atoms with E-state index in [0.717, 1.165) is 28.1 Å². The van der Waals surface area contributed by atoms with Crippen LogP contribution in [0.5, 0.6) is 11.6 Å². The summed E-state index contributed by atoms with van der Waals surface area (Å²) in [5.41, 5.74) is 2.69. The Morgan fingerprint density at radius 2 is 2.18 bits per heavy atom. The average molecular weight is 313 g/mol. The predicted octanol–water partition coefficient (Wildman–Crippen LogP) is 3.50. The van der Waals surface area contributed by atoms with Gasteiger partial charge in [-0.2, -0.15) is 11.8 Å². The first-order valence-corrected chi connectivity index (χ1v) is 7.80. The molecule has 0 amide bonds. The highest BCUT2D eigenvalue weighted by molar-refractivity contribution is 7.98. The lowest BCUT2D eigenvalue weighted by atomic mass is 10.2. The van der Waals surface area contributed by atoms with Crippen LogP contribution in [0.3, 0.4) is 0 Å². The number of aromatic nitrogens is 3. The first-order valence-electron chi connectivity index (χ1n) is 6.65. The molecule has 0 fully saturated rings. The van der Waals surface area contributed by atoms with Gasteiger partial charge in [-0.1, -0.05) is 0 Å². The number of hydrogen-bond acceptors (Lipinski definition) is 5. The van der Waals surface area contributed by atoms with E-state index in [-0.39, 0.29) is 0 Å². The van der Waals surface area contributed by atoms with Crippen LogP contribution in [-0.4, -0.2) is 25.7 Å². The molecule has 0 aliphatic carbocycles. The van der Waals surface area contributed by atoms with E-state index in [9.17, 15) is 4.79 Å². The maximum Gasteiger partial charge on any atom is 0.415 e. The van der Waals surface area contributed by atoms with E-state index < -0.39 is 6.09 Å². The zero-order valence-corrected chi connectivity index (χ0v) is 12.2. The van der Waals surface area contributed by atoms with Gasteiger partial charge in [-0.05, 0) is 24.3 Å². The lowest BCUT2D eigenvalue weighted by Gasteiger charge is -2.08. The molecule has 0 unspecified atom stereocenters. The molecule has 0 radical (unpaired) electrons. The molecule has 1 aliphatic rings. The van der Waals surface area contributed by atoms with Crippen molar-refractivity contribution in [2.24, 2.45) is 0 Å². The molecule has 0 saturated heterocycles. The minimum absolute atomic E-state index is 0.576. The zero-order chi connectivity index (χ0) is 15.1. The lowest BCUT2D eigenvalue weighted by molar-refractivity contribution is 0.197. The molecule has 2 aromatic heterocycles. The van der Waals surface area contributed by atoms with Crippen molar-refractivity contribution in [2.45, 2.75) is 11.5 Å². The number of benzene rings is 1. The molecule has 1 aromatic carbocycles. The first-order chi connectivity index (χ1) is 10.7. The number of carboxylic acid groups (broad SMARTS) is 1. The van der Waals surface area contributed by atoms with Crippen molar-refractivity contribution in [1.82, 2.24) is 14.5 Å². The minimum atomic E-state index is -1.01. The maximum absolute atomic E-state index is 11.1. The standard InChI is InChI=1S/C15H11N3O3S/c19-15(20)18-4-3-9-5-10(1-2-13(9)18)21-14-11-6-22-7-12(11)16-8-17-14/h1-5,8H,6-7H2,(H,19,20). The predicted molar refractivity (Wildman–Crippen MR) is 82.5 cm³/mol. The van der Waals surface area contributed by atoms with E-state index in [4.69, 9.17) is 9.84 Å². The van der Waals surface area contributed by atoms with Crippen LogP contribution in [0.4, 0.5) is 4.79 Å². The van der Waals surface area contributed by atoms with Gasteiger partial charge in [-0.25, -0.2) is 14.8 Å². The van der Waals surface area contributed by atoms with Gasteiger partial charge in [0.1, 0.15) is 12.1 Å². The Balaban J connectivity index is 1.71. The molecule has 110 valence electrons. The molecular weight excluding hydrogens is 302 g/mol. The third kappa shape index (κ3) is 2.10. The summed E-state index contributed by atoms with van der Waals surface area (Å²) in [4.78, 5) is 19.6. The molecule has 6 nitrogen and oxygen atoms in total. The van der Waals surface area contributed by atoms with Crippen LogP contribution in [0.25, 0.3) is 10.9 Å². The zero-order valence-electron chi connectivity index (χ0n) is 11.4. The van der Waals surface area contributed by atoms with E-state index in [2.05, 4.69) is 9.97 Å². The molecule has 7 heteroatoms. The lowest BCUT2D eigenvalue weighted by Crippen LogP contribution is -2.05. The van der Waals surface area contributed by atoms with E-state index in [1.54, 1.807) is 30.0 Å². The Morgan fingerprint density at radius 1 is 1.27 bits per heavy atom. The van der Waals surface area contributed by atoms with Crippen molar-refractivity contribution in [3.8, 4) is 11.6 Å². The molecule has 0 atom stereocenters. The van der Waals surface area contributed by atoms with E-state index >= 15 is 0 Å². The number of ether oxygens (including phenoxy) is 1. The largest absolute Gasteiger partial charge is 0.464 e. The highest BCUT2D eigenvalue weighted by Crippen LogP contribution is 2.35. The Hall–Kier alpha value is -2.54. The van der Waals surface area contributed by atoms with Gasteiger partial charge >= 0.3 is 6.09 Å². The first kappa shape index (κ1) is 13.1. The van der Waals surface area contributed by atoms with Gasteiger partial charge in [-0.3, -0.25) is 4.57 Å². The second kappa shape index (κ2) is 5.03. The van der Waals surface area contributed by atoms with Crippen LogP contribution in [0.15, 0.2) is 36.8 Å². The summed E-state index contributed by atoms with van der Waals surface area (Å²) in [6.07, 6.45) is 2.03. The molecule has 22 heavy (non-hydrogen) atoms. The Bertz CT molecular complexity index is 891. The quantitative estimate of drug-likeness (QED) is 0.780. The fourth-order valence-corrected chi connectivity index (χ4v) is 3.54. The highest BCUT2D eigenvalue weighted by atomic mass is 32.2. The summed E-state index contributed by atoms with van der Waals surface area (Å²) < 4.78 is 7.06. The number of carbonyl (C=O) groups is 1. The second-order valence-corrected chi connectivity index (χ2v) is 5.87. The number of hydrogen-bond donors (Lipinski definition) is 1. The molecule has 3 heterocycles. The molecule has 3 aromatic rings. The van der Waals surface area contributed by atoms with Crippen molar-refractivity contribution >= 4 is 28.8 Å². The minimum Gasteiger partial charge on any atom is -0.464 e. The van der Waals surface area contributed by atoms with E-state index in [0.29, 0.717) is 17.1 Å². The average Bonchev–Trinajstić information content (AvgIpc) is 3.13.